The van der Waals surface area contributed by atoms with E-state index < -0.39 is 12.0 Å². The minimum absolute atomic E-state index is 0.440. The number of aliphatic carboxylic acids is 1. The molecular weight excluding hydrogens is 242 g/mol. The van der Waals surface area contributed by atoms with Crippen molar-refractivity contribution in [1.29, 1.82) is 0 Å². The highest BCUT2D eigenvalue weighted by Gasteiger charge is 2.16. The lowest BCUT2D eigenvalue weighted by Crippen LogP contribution is -2.36. The summed E-state index contributed by atoms with van der Waals surface area (Å²) in [6.07, 6.45) is 2.55. The van der Waals surface area contributed by atoms with Crippen LogP contribution in [0.5, 0.6) is 0 Å². The fourth-order valence-corrected chi connectivity index (χ4v) is 2.07. The minimum atomic E-state index is -0.801. The third kappa shape index (κ3) is 3.58. The maximum Gasteiger partial charge on any atom is 0.320 e. The molecule has 2 aromatic rings. The van der Waals surface area contributed by atoms with Crippen LogP contribution in [0.25, 0.3) is 11.0 Å². The molecule has 2 N–H and O–H groups in total. The largest absolute Gasteiger partial charge is 0.480 e. The Morgan fingerprint density at radius 2 is 2.21 bits per heavy atom. The quantitative estimate of drug-likeness (QED) is 0.803. The van der Waals surface area contributed by atoms with E-state index in [-0.39, 0.29) is 0 Å². The van der Waals surface area contributed by atoms with Crippen LogP contribution in [0, 0.1) is 0 Å². The van der Waals surface area contributed by atoms with E-state index >= 15 is 0 Å². The average molecular weight is 261 g/mol. The molecular formula is C15H19NO3. The molecule has 0 aliphatic carbocycles. The van der Waals surface area contributed by atoms with Crippen LogP contribution in [0.1, 0.15) is 31.9 Å². The first-order valence-electron chi connectivity index (χ1n) is 6.64. The number of rotatable bonds is 7. The van der Waals surface area contributed by atoms with Gasteiger partial charge in [0.2, 0.25) is 0 Å². The van der Waals surface area contributed by atoms with Crippen LogP contribution in [0.3, 0.4) is 0 Å². The van der Waals surface area contributed by atoms with Gasteiger partial charge in [-0.25, -0.2) is 0 Å². The number of unbranched alkanes of at least 4 members (excludes halogenated alkanes) is 1. The summed E-state index contributed by atoms with van der Waals surface area (Å²) in [7, 11) is 0. The molecule has 0 saturated heterocycles. The summed E-state index contributed by atoms with van der Waals surface area (Å²) in [6.45, 7) is 2.49. The van der Waals surface area contributed by atoms with Gasteiger partial charge in [-0.1, -0.05) is 38.0 Å². The molecule has 0 aliphatic rings. The van der Waals surface area contributed by atoms with E-state index in [2.05, 4.69) is 12.2 Å². The third-order valence-corrected chi connectivity index (χ3v) is 3.14. The zero-order valence-electron chi connectivity index (χ0n) is 11.1. The Balaban J connectivity index is 1.97. The summed E-state index contributed by atoms with van der Waals surface area (Å²) >= 11 is 0. The van der Waals surface area contributed by atoms with Crippen molar-refractivity contribution in [2.45, 2.75) is 38.8 Å². The number of carbonyl (C=O) groups is 1. The maximum atomic E-state index is 11.1. The third-order valence-electron chi connectivity index (χ3n) is 3.14. The number of nitrogens with one attached hydrogen (secondary N) is 1. The predicted octanol–water partition coefficient (Wildman–Crippen LogP) is 3.17. The van der Waals surface area contributed by atoms with Crippen molar-refractivity contribution in [3.8, 4) is 0 Å². The number of para-hydroxylation sites is 1. The van der Waals surface area contributed by atoms with Gasteiger partial charge in [-0.3, -0.25) is 10.1 Å². The molecule has 1 unspecified atom stereocenters. The summed E-state index contributed by atoms with van der Waals surface area (Å²) in [5, 5.41) is 13.2. The van der Waals surface area contributed by atoms with E-state index in [1.54, 1.807) is 0 Å². The van der Waals surface area contributed by atoms with Gasteiger partial charge in [-0.2, -0.15) is 0 Å². The van der Waals surface area contributed by atoms with Crippen LogP contribution < -0.4 is 5.32 Å². The molecule has 1 heterocycles. The van der Waals surface area contributed by atoms with Crippen LogP contribution in [-0.4, -0.2) is 17.1 Å². The average Bonchev–Trinajstić information content (AvgIpc) is 2.81. The zero-order valence-corrected chi connectivity index (χ0v) is 11.1. The van der Waals surface area contributed by atoms with Gasteiger partial charge >= 0.3 is 5.97 Å². The fourth-order valence-electron chi connectivity index (χ4n) is 2.07. The second-order valence-corrected chi connectivity index (χ2v) is 4.66. The van der Waals surface area contributed by atoms with Crippen LogP contribution in [0.4, 0.5) is 0 Å². The molecule has 4 nitrogen and oxygen atoms in total. The van der Waals surface area contributed by atoms with Gasteiger partial charge < -0.3 is 9.52 Å². The Morgan fingerprint density at radius 1 is 1.42 bits per heavy atom. The van der Waals surface area contributed by atoms with Crippen LogP contribution in [-0.2, 0) is 11.3 Å². The van der Waals surface area contributed by atoms with E-state index in [1.807, 2.05) is 30.3 Å². The molecule has 0 spiro atoms. The molecule has 0 aliphatic heterocycles. The van der Waals surface area contributed by atoms with E-state index in [9.17, 15) is 4.79 Å². The first kappa shape index (κ1) is 13.6. The molecule has 1 atom stereocenters. The highest BCUT2D eigenvalue weighted by Crippen LogP contribution is 2.18. The summed E-state index contributed by atoms with van der Waals surface area (Å²) in [4.78, 5) is 11.1. The zero-order chi connectivity index (χ0) is 13.7. The lowest BCUT2D eigenvalue weighted by atomic mass is 10.1. The smallest absolute Gasteiger partial charge is 0.320 e. The lowest BCUT2D eigenvalue weighted by Gasteiger charge is -2.12. The monoisotopic (exact) mass is 261 g/mol. The standard InChI is InChI=1S/C15H19NO3/c1-2-3-7-13(15(17)18)16-10-12-9-11-6-4-5-8-14(11)19-12/h4-6,8-9,13,16H,2-3,7,10H2,1H3,(H,17,18). The van der Waals surface area contributed by atoms with Gasteiger partial charge in [0.05, 0.1) is 6.54 Å². The van der Waals surface area contributed by atoms with Crippen molar-refractivity contribution in [2.75, 3.05) is 0 Å². The van der Waals surface area contributed by atoms with Crippen molar-refractivity contribution < 1.29 is 14.3 Å². The second-order valence-electron chi connectivity index (χ2n) is 4.66. The minimum Gasteiger partial charge on any atom is -0.480 e. The number of carboxylic acid groups (broad SMARTS) is 1. The van der Waals surface area contributed by atoms with Gasteiger partial charge in [0.15, 0.2) is 0 Å². The summed E-state index contributed by atoms with van der Waals surface area (Å²) in [6, 6.07) is 9.20. The molecule has 0 fully saturated rings. The number of fused-ring (bicyclic) bond motifs is 1. The van der Waals surface area contributed by atoms with E-state index in [1.165, 1.54) is 0 Å². The Morgan fingerprint density at radius 3 is 2.89 bits per heavy atom. The summed E-state index contributed by atoms with van der Waals surface area (Å²) < 4.78 is 5.65. The molecule has 1 aromatic heterocycles. The molecule has 102 valence electrons. The Kier molecular flexibility index (Phi) is 4.58. The van der Waals surface area contributed by atoms with Crippen molar-refractivity contribution in [2.24, 2.45) is 0 Å². The molecule has 0 saturated carbocycles. The molecule has 19 heavy (non-hydrogen) atoms. The highest BCUT2D eigenvalue weighted by molar-refractivity contribution is 5.77. The molecule has 0 amide bonds. The van der Waals surface area contributed by atoms with Crippen molar-refractivity contribution in [1.82, 2.24) is 5.32 Å². The molecule has 4 heteroatoms. The maximum absolute atomic E-state index is 11.1. The molecule has 0 bridgehead atoms. The van der Waals surface area contributed by atoms with E-state index in [4.69, 9.17) is 9.52 Å². The molecule has 2 rings (SSSR count). The molecule has 0 radical (unpaired) electrons. The predicted molar refractivity (Wildman–Crippen MR) is 74.0 cm³/mol. The number of hydrogen-bond donors (Lipinski definition) is 2. The summed E-state index contributed by atoms with van der Waals surface area (Å²) in [5.41, 5.74) is 0.833. The van der Waals surface area contributed by atoms with Crippen LogP contribution >= 0.6 is 0 Å². The number of benzene rings is 1. The lowest BCUT2D eigenvalue weighted by molar-refractivity contribution is -0.139. The molecule has 1 aromatic carbocycles. The summed E-state index contributed by atoms with van der Waals surface area (Å²) in [5.74, 6) is -0.0338. The van der Waals surface area contributed by atoms with Gasteiger partial charge in [0.1, 0.15) is 17.4 Å². The first-order chi connectivity index (χ1) is 9.20. The van der Waals surface area contributed by atoms with Gasteiger partial charge in [-0.05, 0) is 18.6 Å². The SMILES string of the molecule is CCCCC(NCc1cc2ccccc2o1)C(=O)O. The number of hydrogen-bond acceptors (Lipinski definition) is 3. The number of furan rings is 1. The Bertz CT molecular complexity index is 514. The topological polar surface area (TPSA) is 62.5 Å². The van der Waals surface area contributed by atoms with Crippen molar-refractivity contribution >= 4 is 16.9 Å². The first-order valence-corrected chi connectivity index (χ1v) is 6.64. The van der Waals surface area contributed by atoms with Gasteiger partial charge in [0, 0.05) is 5.39 Å². The van der Waals surface area contributed by atoms with E-state index in [0.717, 1.165) is 29.6 Å². The van der Waals surface area contributed by atoms with Crippen molar-refractivity contribution in [3.63, 3.8) is 0 Å². The number of carboxylic acids is 1. The van der Waals surface area contributed by atoms with Gasteiger partial charge in [-0.15, -0.1) is 0 Å². The van der Waals surface area contributed by atoms with Gasteiger partial charge in [0.25, 0.3) is 0 Å². The van der Waals surface area contributed by atoms with Crippen LogP contribution in [0.2, 0.25) is 0 Å². The van der Waals surface area contributed by atoms with Crippen molar-refractivity contribution in [3.05, 3.63) is 36.1 Å². The van der Waals surface area contributed by atoms with Crippen LogP contribution in [0.15, 0.2) is 34.7 Å². The van der Waals surface area contributed by atoms with E-state index in [0.29, 0.717) is 13.0 Å². The second kappa shape index (κ2) is 6.38. The highest BCUT2D eigenvalue weighted by atomic mass is 16.4. The fraction of sp³-hybridized carbons (Fsp3) is 0.400. The Labute approximate surface area is 112 Å². The normalized spacial score (nSPS) is 12.7. The Hall–Kier alpha value is -1.81.